The molecule has 0 radical (unpaired) electrons. The Balaban J connectivity index is 1.92. The van der Waals surface area contributed by atoms with Gasteiger partial charge in [0.25, 0.3) is 0 Å². The zero-order valence-electron chi connectivity index (χ0n) is 10.6. The van der Waals surface area contributed by atoms with Gasteiger partial charge in [0, 0.05) is 28.8 Å². The molecule has 1 unspecified atom stereocenters. The molecule has 0 aliphatic carbocycles. The SMILES string of the molecule is CC1CC(=O)N(Cc2cc(Br)cc3c2OCC3)C1=O. The van der Waals surface area contributed by atoms with Crippen molar-refractivity contribution in [1.29, 1.82) is 0 Å². The lowest BCUT2D eigenvalue weighted by Gasteiger charge is -2.16. The molecule has 0 saturated carbocycles. The zero-order chi connectivity index (χ0) is 13.6. The van der Waals surface area contributed by atoms with Crippen molar-refractivity contribution in [2.75, 3.05) is 6.61 Å². The van der Waals surface area contributed by atoms with E-state index in [1.807, 2.05) is 12.1 Å². The number of hydrogen-bond donors (Lipinski definition) is 0. The van der Waals surface area contributed by atoms with E-state index in [4.69, 9.17) is 4.74 Å². The molecule has 5 heteroatoms. The van der Waals surface area contributed by atoms with E-state index in [0.717, 1.165) is 27.8 Å². The summed E-state index contributed by atoms with van der Waals surface area (Å²) in [5, 5.41) is 0. The summed E-state index contributed by atoms with van der Waals surface area (Å²) in [5.74, 6) is 0.456. The fraction of sp³-hybridized carbons (Fsp3) is 0.429. The highest BCUT2D eigenvalue weighted by atomic mass is 79.9. The Morgan fingerprint density at radius 1 is 1.42 bits per heavy atom. The van der Waals surface area contributed by atoms with Gasteiger partial charge in [-0.2, -0.15) is 0 Å². The monoisotopic (exact) mass is 323 g/mol. The minimum absolute atomic E-state index is 0.0864. The Bertz CT molecular complexity index is 570. The first-order chi connectivity index (χ1) is 9.06. The lowest BCUT2D eigenvalue weighted by Crippen LogP contribution is -2.29. The van der Waals surface area contributed by atoms with Crippen LogP contribution in [0.15, 0.2) is 16.6 Å². The van der Waals surface area contributed by atoms with Gasteiger partial charge < -0.3 is 4.74 Å². The number of benzene rings is 1. The molecule has 0 bridgehead atoms. The van der Waals surface area contributed by atoms with Crippen LogP contribution < -0.4 is 4.74 Å². The molecule has 1 aromatic carbocycles. The van der Waals surface area contributed by atoms with E-state index in [1.165, 1.54) is 4.90 Å². The van der Waals surface area contributed by atoms with Crippen LogP contribution in [0.2, 0.25) is 0 Å². The van der Waals surface area contributed by atoms with Gasteiger partial charge in [0.1, 0.15) is 5.75 Å². The summed E-state index contributed by atoms with van der Waals surface area (Å²) >= 11 is 3.46. The van der Waals surface area contributed by atoms with Crippen LogP contribution in [0.4, 0.5) is 0 Å². The molecule has 0 aromatic heterocycles. The van der Waals surface area contributed by atoms with Crippen LogP contribution in [0, 0.1) is 5.92 Å². The number of imide groups is 1. The lowest BCUT2D eigenvalue weighted by atomic mass is 10.1. The van der Waals surface area contributed by atoms with Crippen molar-refractivity contribution in [2.24, 2.45) is 5.92 Å². The van der Waals surface area contributed by atoms with Gasteiger partial charge in [-0.05, 0) is 17.7 Å². The van der Waals surface area contributed by atoms with E-state index in [1.54, 1.807) is 6.92 Å². The maximum absolute atomic E-state index is 12.0. The number of halogens is 1. The predicted octanol–water partition coefficient (Wildman–Crippen LogP) is 2.28. The van der Waals surface area contributed by atoms with Crippen LogP contribution in [-0.2, 0) is 22.6 Å². The molecule has 2 aliphatic rings. The number of hydrogen-bond acceptors (Lipinski definition) is 3. The Labute approximate surface area is 119 Å². The summed E-state index contributed by atoms with van der Waals surface area (Å²) in [6.45, 7) is 2.77. The van der Waals surface area contributed by atoms with E-state index >= 15 is 0 Å². The first-order valence-corrected chi connectivity index (χ1v) is 7.14. The minimum Gasteiger partial charge on any atom is -0.493 e. The Hall–Kier alpha value is -1.36. The van der Waals surface area contributed by atoms with Gasteiger partial charge >= 0.3 is 0 Å². The van der Waals surface area contributed by atoms with E-state index in [-0.39, 0.29) is 17.7 Å². The van der Waals surface area contributed by atoms with E-state index in [9.17, 15) is 9.59 Å². The summed E-state index contributed by atoms with van der Waals surface area (Å²) in [5.41, 5.74) is 2.04. The average molecular weight is 324 g/mol. The summed E-state index contributed by atoms with van der Waals surface area (Å²) in [4.78, 5) is 25.1. The highest BCUT2D eigenvalue weighted by molar-refractivity contribution is 9.10. The second-order valence-corrected chi connectivity index (χ2v) is 5.99. The summed E-state index contributed by atoms with van der Waals surface area (Å²) in [7, 11) is 0. The van der Waals surface area contributed by atoms with E-state index < -0.39 is 0 Å². The number of carbonyl (C=O) groups excluding carboxylic acids is 2. The van der Waals surface area contributed by atoms with Crippen molar-refractivity contribution in [3.05, 3.63) is 27.7 Å². The number of likely N-dealkylation sites (tertiary alicyclic amines) is 1. The first kappa shape index (κ1) is 12.7. The van der Waals surface area contributed by atoms with Gasteiger partial charge in [-0.3, -0.25) is 14.5 Å². The fourth-order valence-electron chi connectivity index (χ4n) is 2.65. The number of fused-ring (bicyclic) bond motifs is 1. The first-order valence-electron chi connectivity index (χ1n) is 6.34. The molecule has 1 aromatic rings. The van der Waals surface area contributed by atoms with Crippen LogP contribution in [0.25, 0.3) is 0 Å². The Morgan fingerprint density at radius 2 is 2.21 bits per heavy atom. The number of nitrogens with zero attached hydrogens (tertiary/aromatic N) is 1. The van der Waals surface area contributed by atoms with Crippen LogP contribution in [-0.4, -0.2) is 23.3 Å². The smallest absolute Gasteiger partial charge is 0.232 e. The number of amides is 2. The zero-order valence-corrected chi connectivity index (χ0v) is 12.2. The molecule has 100 valence electrons. The Kier molecular flexibility index (Phi) is 3.09. The van der Waals surface area contributed by atoms with Gasteiger partial charge in [0.2, 0.25) is 11.8 Å². The van der Waals surface area contributed by atoms with Gasteiger partial charge in [0.15, 0.2) is 0 Å². The molecule has 4 nitrogen and oxygen atoms in total. The number of ether oxygens (including phenoxy) is 1. The van der Waals surface area contributed by atoms with E-state index in [2.05, 4.69) is 15.9 Å². The van der Waals surface area contributed by atoms with Gasteiger partial charge in [-0.15, -0.1) is 0 Å². The molecule has 2 heterocycles. The van der Waals surface area contributed by atoms with Crippen LogP contribution in [0.1, 0.15) is 24.5 Å². The molecule has 1 fully saturated rings. The number of rotatable bonds is 2. The predicted molar refractivity (Wildman–Crippen MR) is 72.7 cm³/mol. The molecular weight excluding hydrogens is 310 g/mol. The van der Waals surface area contributed by atoms with Crippen molar-refractivity contribution in [3.8, 4) is 5.75 Å². The van der Waals surface area contributed by atoms with Crippen molar-refractivity contribution < 1.29 is 14.3 Å². The second-order valence-electron chi connectivity index (χ2n) is 5.07. The van der Waals surface area contributed by atoms with Crippen LogP contribution in [0.5, 0.6) is 5.75 Å². The third-order valence-electron chi connectivity index (χ3n) is 3.62. The van der Waals surface area contributed by atoms with Gasteiger partial charge in [-0.25, -0.2) is 0 Å². The van der Waals surface area contributed by atoms with Crippen LogP contribution in [0.3, 0.4) is 0 Å². The molecule has 2 amide bonds. The van der Waals surface area contributed by atoms with Crippen molar-refractivity contribution in [1.82, 2.24) is 4.90 Å². The summed E-state index contributed by atoms with van der Waals surface area (Å²) in [6, 6.07) is 3.95. The summed E-state index contributed by atoms with van der Waals surface area (Å²) in [6.07, 6.45) is 1.19. The molecule has 1 atom stereocenters. The molecule has 1 saturated heterocycles. The van der Waals surface area contributed by atoms with Crippen molar-refractivity contribution in [3.63, 3.8) is 0 Å². The highest BCUT2D eigenvalue weighted by Gasteiger charge is 2.36. The topological polar surface area (TPSA) is 46.6 Å². The third-order valence-corrected chi connectivity index (χ3v) is 4.08. The number of carbonyl (C=O) groups is 2. The standard InChI is InChI=1S/C14H14BrNO3/c1-8-4-12(17)16(14(8)18)7-10-6-11(15)5-9-2-3-19-13(9)10/h5-6,8H,2-4,7H2,1H3. The molecule has 0 N–H and O–H groups in total. The molecule has 3 rings (SSSR count). The molecule has 19 heavy (non-hydrogen) atoms. The summed E-state index contributed by atoms with van der Waals surface area (Å²) < 4.78 is 6.58. The average Bonchev–Trinajstić information content (AvgIpc) is 2.90. The molecule has 0 spiro atoms. The second kappa shape index (κ2) is 4.63. The largest absolute Gasteiger partial charge is 0.493 e. The highest BCUT2D eigenvalue weighted by Crippen LogP contribution is 2.34. The van der Waals surface area contributed by atoms with Crippen molar-refractivity contribution in [2.45, 2.75) is 26.3 Å². The maximum atomic E-state index is 12.0. The van der Waals surface area contributed by atoms with Crippen LogP contribution >= 0.6 is 15.9 Å². The molecule has 2 aliphatic heterocycles. The normalized spacial score (nSPS) is 21.8. The lowest BCUT2D eigenvalue weighted by molar-refractivity contribution is -0.139. The van der Waals surface area contributed by atoms with Crippen molar-refractivity contribution >= 4 is 27.7 Å². The quantitative estimate of drug-likeness (QED) is 0.784. The Morgan fingerprint density at radius 3 is 2.89 bits per heavy atom. The maximum Gasteiger partial charge on any atom is 0.232 e. The molecular formula is C14H14BrNO3. The van der Waals surface area contributed by atoms with Gasteiger partial charge in [-0.1, -0.05) is 22.9 Å². The van der Waals surface area contributed by atoms with Gasteiger partial charge in [0.05, 0.1) is 13.2 Å². The third kappa shape index (κ3) is 2.16. The fourth-order valence-corrected chi connectivity index (χ4v) is 3.20. The minimum atomic E-state index is -0.200. The van der Waals surface area contributed by atoms with E-state index in [0.29, 0.717) is 19.6 Å².